The number of carbonyl (C=O) groups excluding carboxylic acids is 1. The first-order valence-corrected chi connectivity index (χ1v) is 13.2. The Balaban J connectivity index is 1.44. The van der Waals surface area contributed by atoms with Crippen molar-refractivity contribution >= 4 is 43.6 Å². The predicted molar refractivity (Wildman–Crippen MR) is 132 cm³/mol. The summed E-state index contributed by atoms with van der Waals surface area (Å²) in [6.45, 7) is 5.75. The molecule has 0 unspecified atom stereocenters. The Bertz CT molecular complexity index is 1350. The van der Waals surface area contributed by atoms with Gasteiger partial charge in [0.2, 0.25) is 15.9 Å². The number of rotatable bonds is 6. The fourth-order valence-corrected chi connectivity index (χ4v) is 6.37. The number of thiazole rings is 1. The molecule has 9 heteroatoms. The van der Waals surface area contributed by atoms with Gasteiger partial charge in [-0.2, -0.15) is 4.31 Å². The van der Waals surface area contributed by atoms with Gasteiger partial charge in [-0.1, -0.05) is 48.1 Å². The monoisotopic (exact) mass is 485 g/mol. The average molecular weight is 486 g/mol. The summed E-state index contributed by atoms with van der Waals surface area (Å²) in [4.78, 5) is 26.5. The number of fused-ring (bicyclic) bond motifs is 1. The van der Waals surface area contributed by atoms with Crippen LogP contribution in [0.25, 0.3) is 16.3 Å². The molecule has 1 amide bonds. The fourth-order valence-electron chi connectivity index (χ4n) is 3.89. The van der Waals surface area contributed by atoms with Crippen molar-refractivity contribution in [3.8, 4) is 0 Å². The molecule has 1 aliphatic rings. The van der Waals surface area contributed by atoms with Crippen molar-refractivity contribution in [2.75, 3.05) is 26.2 Å². The topological polar surface area (TPSA) is 79.7 Å². The van der Waals surface area contributed by atoms with E-state index in [1.54, 1.807) is 33.7 Å². The Morgan fingerprint density at radius 1 is 1.06 bits per heavy atom. The van der Waals surface area contributed by atoms with E-state index in [1.807, 2.05) is 38.1 Å². The number of amides is 1. The van der Waals surface area contributed by atoms with E-state index >= 15 is 0 Å². The number of benzene rings is 2. The van der Waals surface area contributed by atoms with Crippen LogP contribution in [0.15, 0.2) is 58.2 Å². The molecule has 2 aromatic carbocycles. The Morgan fingerprint density at radius 2 is 1.76 bits per heavy atom. The Labute approximate surface area is 197 Å². The molecule has 7 nitrogen and oxygen atoms in total. The van der Waals surface area contributed by atoms with Crippen LogP contribution >= 0.6 is 11.3 Å². The highest BCUT2D eigenvalue weighted by molar-refractivity contribution is 7.89. The van der Waals surface area contributed by atoms with Gasteiger partial charge in [-0.25, -0.2) is 8.42 Å². The number of carbonyl (C=O) groups is 1. The molecule has 174 valence electrons. The normalized spacial score (nSPS) is 15.5. The Morgan fingerprint density at radius 3 is 2.42 bits per heavy atom. The summed E-state index contributed by atoms with van der Waals surface area (Å²) in [5.41, 5.74) is 2.87. The van der Waals surface area contributed by atoms with Gasteiger partial charge in [-0.3, -0.25) is 14.2 Å². The molecule has 0 radical (unpaired) electrons. The summed E-state index contributed by atoms with van der Waals surface area (Å²) in [5, 5.41) is 0. The molecule has 0 N–H and O–H groups in total. The summed E-state index contributed by atoms with van der Waals surface area (Å²) >= 11 is 1.07. The standard InChI is InChI=1S/C24H27N3O4S2/c1-3-12-27-21-10-9-20(17-22(21)32-24(27)29)33(30,31)26-15-13-25(14-16-26)23(28)11-8-19-6-4-18(2)5-7-19/h4-11,17H,3,12-16H2,1-2H3. The molecule has 1 aliphatic heterocycles. The third-order valence-corrected chi connectivity index (χ3v) is 8.61. The van der Waals surface area contributed by atoms with Gasteiger partial charge in [-0.15, -0.1) is 0 Å². The third-order valence-electron chi connectivity index (χ3n) is 5.77. The lowest BCUT2D eigenvalue weighted by atomic mass is 10.1. The second-order valence-electron chi connectivity index (χ2n) is 8.12. The maximum absolute atomic E-state index is 13.2. The maximum atomic E-state index is 13.2. The highest BCUT2D eigenvalue weighted by Gasteiger charge is 2.30. The number of nitrogens with zero attached hydrogens (tertiary/aromatic N) is 3. The molecule has 3 aromatic rings. The molecule has 1 fully saturated rings. The number of aromatic nitrogens is 1. The van der Waals surface area contributed by atoms with Gasteiger partial charge in [-0.05, 0) is 43.2 Å². The van der Waals surface area contributed by atoms with E-state index in [4.69, 9.17) is 0 Å². The van der Waals surface area contributed by atoms with Crippen LogP contribution in [0.3, 0.4) is 0 Å². The van der Waals surface area contributed by atoms with Gasteiger partial charge in [0.05, 0.1) is 15.1 Å². The van der Waals surface area contributed by atoms with Crippen LogP contribution < -0.4 is 4.87 Å². The summed E-state index contributed by atoms with van der Waals surface area (Å²) in [6.07, 6.45) is 4.14. The molecule has 0 atom stereocenters. The molecular weight excluding hydrogens is 458 g/mol. The van der Waals surface area contributed by atoms with E-state index in [0.29, 0.717) is 24.3 Å². The predicted octanol–water partition coefficient (Wildman–Crippen LogP) is 3.33. The number of hydrogen-bond donors (Lipinski definition) is 0. The van der Waals surface area contributed by atoms with Crippen molar-refractivity contribution in [3.63, 3.8) is 0 Å². The molecule has 0 spiro atoms. The van der Waals surface area contributed by atoms with Gasteiger partial charge in [0, 0.05) is 38.8 Å². The van der Waals surface area contributed by atoms with Crippen molar-refractivity contribution in [2.24, 2.45) is 0 Å². The van der Waals surface area contributed by atoms with Gasteiger partial charge in [0.15, 0.2) is 0 Å². The van der Waals surface area contributed by atoms with Crippen LogP contribution in [0, 0.1) is 6.92 Å². The van der Waals surface area contributed by atoms with Crippen LogP contribution in [-0.2, 0) is 21.4 Å². The minimum atomic E-state index is -3.71. The highest BCUT2D eigenvalue weighted by atomic mass is 32.2. The Kier molecular flexibility index (Phi) is 6.83. The number of hydrogen-bond acceptors (Lipinski definition) is 5. The molecule has 0 aliphatic carbocycles. The molecular formula is C24H27N3O4S2. The fraction of sp³-hybridized carbons (Fsp3) is 0.333. The quantitative estimate of drug-likeness (QED) is 0.502. The molecule has 4 rings (SSSR count). The van der Waals surface area contributed by atoms with Gasteiger partial charge in [0.25, 0.3) is 0 Å². The van der Waals surface area contributed by atoms with E-state index in [1.165, 1.54) is 10.4 Å². The van der Waals surface area contributed by atoms with Crippen molar-refractivity contribution in [2.45, 2.75) is 31.7 Å². The zero-order chi connectivity index (χ0) is 23.6. The number of piperazine rings is 1. The minimum Gasteiger partial charge on any atom is -0.337 e. The molecule has 33 heavy (non-hydrogen) atoms. The molecule has 1 saturated heterocycles. The number of sulfonamides is 1. The van der Waals surface area contributed by atoms with E-state index in [9.17, 15) is 18.0 Å². The Hall–Kier alpha value is -2.75. The van der Waals surface area contributed by atoms with Crippen LogP contribution in [-0.4, -0.2) is 54.3 Å². The average Bonchev–Trinajstić information content (AvgIpc) is 3.13. The summed E-state index contributed by atoms with van der Waals surface area (Å²) in [6, 6.07) is 12.8. The second-order valence-corrected chi connectivity index (χ2v) is 11.1. The van der Waals surface area contributed by atoms with Gasteiger partial charge < -0.3 is 4.90 Å². The molecule has 0 bridgehead atoms. The van der Waals surface area contributed by atoms with E-state index in [-0.39, 0.29) is 28.8 Å². The summed E-state index contributed by atoms with van der Waals surface area (Å²) in [5.74, 6) is -0.129. The zero-order valence-corrected chi connectivity index (χ0v) is 20.4. The van der Waals surface area contributed by atoms with Crippen LogP contribution in [0.5, 0.6) is 0 Å². The van der Waals surface area contributed by atoms with E-state index < -0.39 is 10.0 Å². The second kappa shape index (κ2) is 9.62. The van der Waals surface area contributed by atoms with Crippen molar-refractivity contribution in [1.82, 2.24) is 13.8 Å². The number of aryl methyl sites for hydroxylation is 2. The van der Waals surface area contributed by atoms with Crippen LogP contribution in [0.1, 0.15) is 24.5 Å². The van der Waals surface area contributed by atoms with E-state index in [0.717, 1.165) is 34.4 Å². The third kappa shape index (κ3) is 4.95. The van der Waals surface area contributed by atoms with Crippen LogP contribution in [0.4, 0.5) is 0 Å². The smallest absolute Gasteiger partial charge is 0.308 e. The molecule has 0 saturated carbocycles. The first kappa shape index (κ1) is 23.4. The maximum Gasteiger partial charge on any atom is 0.308 e. The zero-order valence-electron chi connectivity index (χ0n) is 18.7. The van der Waals surface area contributed by atoms with Gasteiger partial charge >= 0.3 is 4.87 Å². The van der Waals surface area contributed by atoms with Crippen molar-refractivity contribution < 1.29 is 13.2 Å². The van der Waals surface area contributed by atoms with Crippen LogP contribution in [0.2, 0.25) is 0 Å². The lowest BCUT2D eigenvalue weighted by Crippen LogP contribution is -2.50. The van der Waals surface area contributed by atoms with Crippen molar-refractivity contribution in [1.29, 1.82) is 0 Å². The summed E-state index contributed by atoms with van der Waals surface area (Å²) in [7, 11) is -3.71. The van der Waals surface area contributed by atoms with Crippen molar-refractivity contribution in [3.05, 3.63) is 69.3 Å². The largest absolute Gasteiger partial charge is 0.337 e. The lowest BCUT2D eigenvalue weighted by molar-refractivity contribution is -0.127. The first-order valence-electron chi connectivity index (χ1n) is 11.0. The van der Waals surface area contributed by atoms with Gasteiger partial charge in [0.1, 0.15) is 0 Å². The highest BCUT2D eigenvalue weighted by Crippen LogP contribution is 2.25. The SMILES string of the molecule is CCCn1c(=O)sc2cc(S(=O)(=O)N3CCN(C(=O)C=Cc4ccc(C)cc4)CC3)ccc21. The minimum absolute atomic E-state index is 0.0767. The lowest BCUT2D eigenvalue weighted by Gasteiger charge is -2.33. The molecule has 1 aromatic heterocycles. The first-order chi connectivity index (χ1) is 15.8. The van der Waals surface area contributed by atoms with E-state index in [2.05, 4.69) is 0 Å². The summed E-state index contributed by atoms with van der Waals surface area (Å²) < 4.78 is 30.1. The molecule has 2 heterocycles.